The van der Waals surface area contributed by atoms with Crippen molar-refractivity contribution in [2.45, 2.75) is 70.3 Å². The molecule has 1 saturated heterocycles. The highest BCUT2D eigenvalue weighted by Gasteiger charge is 2.26. The van der Waals surface area contributed by atoms with Crippen molar-refractivity contribution in [3.8, 4) is 0 Å². The zero-order valence-corrected chi connectivity index (χ0v) is 18.1. The molecule has 0 bridgehead atoms. The lowest BCUT2D eigenvalue weighted by atomic mass is 9.80. The Labute approximate surface area is 181 Å². The van der Waals surface area contributed by atoms with E-state index < -0.39 is 0 Å². The molecule has 2 unspecified atom stereocenters. The first-order valence-corrected chi connectivity index (χ1v) is 11.9. The Morgan fingerprint density at radius 3 is 2.37 bits per heavy atom. The molecular weight excluding hydrogens is 366 g/mol. The van der Waals surface area contributed by atoms with E-state index in [0.717, 1.165) is 17.5 Å². The fraction of sp³-hybridized carbons (Fsp3) is 0.481. The van der Waals surface area contributed by atoms with E-state index in [1.54, 1.807) is 0 Å². The Morgan fingerprint density at radius 2 is 1.47 bits per heavy atom. The molecule has 3 aromatic rings. The van der Waals surface area contributed by atoms with Crippen LogP contribution in [0.3, 0.4) is 0 Å². The van der Waals surface area contributed by atoms with E-state index in [4.69, 9.17) is 0 Å². The largest absolute Gasteiger partial charge is 0.314 e. The molecule has 2 aliphatic carbocycles. The van der Waals surface area contributed by atoms with E-state index in [0.29, 0.717) is 0 Å². The maximum Gasteiger partial charge on any atom is 0.0701 e. The highest BCUT2D eigenvalue weighted by atomic mass is 14.9. The first-order valence-electron chi connectivity index (χ1n) is 11.9. The molecule has 3 heterocycles. The van der Waals surface area contributed by atoms with Gasteiger partial charge in [-0.2, -0.15) is 0 Å². The third-order valence-corrected chi connectivity index (χ3v) is 6.67. The van der Waals surface area contributed by atoms with Crippen LogP contribution in [0.15, 0.2) is 60.9 Å². The summed E-state index contributed by atoms with van der Waals surface area (Å²) < 4.78 is 0. The molecule has 2 aromatic heterocycles. The van der Waals surface area contributed by atoms with Gasteiger partial charge in [-0.05, 0) is 87.6 Å². The maximum atomic E-state index is 4.32. The van der Waals surface area contributed by atoms with Gasteiger partial charge < -0.3 is 5.32 Å². The summed E-state index contributed by atoms with van der Waals surface area (Å²) in [6, 6.07) is 17.2. The van der Waals surface area contributed by atoms with Crippen molar-refractivity contribution in [2.24, 2.45) is 5.92 Å². The first kappa shape index (κ1) is 21.0. The minimum absolute atomic E-state index is 0.905. The summed E-state index contributed by atoms with van der Waals surface area (Å²) in [5, 5.41) is 4.82. The molecule has 6 rings (SSSR count). The average molecular weight is 402 g/mol. The quantitative estimate of drug-likeness (QED) is 0.493. The van der Waals surface area contributed by atoms with Gasteiger partial charge in [-0.1, -0.05) is 43.2 Å². The number of para-hydroxylation sites is 1. The van der Waals surface area contributed by atoms with Crippen LogP contribution in [0.2, 0.25) is 0 Å². The number of hydrogen-bond acceptors (Lipinski definition) is 3. The number of rotatable bonds is 0. The lowest BCUT2D eigenvalue weighted by Crippen LogP contribution is -2.42. The number of nitrogens with zero attached hydrogens (tertiary/aromatic N) is 2. The van der Waals surface area contributed by atoms with Crippen molar-refractivity contribution in [1.82, 2.24) is 15.3 Å². The molecule has 158 valence electrons. The summed E-state index contributed by atoms with van der Waals surface area (Å²) >= 11 is 0. The van der Waals surface area contributed by atoms with E-state index >= 15 is 0 Å². The van der Waals surface area contributed by atoms with Crippen LogP contribution in [0, 0.1) is 5.92 Å². The molecule has 3 heteroatoms. The standard InChI is InChI=1S/C9H17N.C9H11N.C9H7N/c3*1-2-6-9-8(4-1)5-3-7-10-9/h8-10H,1-7H2;3,5,7H,1-2,4,6H2;1-7H. The van der Waals surface area contributed by atoms with Gasteiger partial charge in [0.25, 0.3) is 0 Å². The van der Waals surface area contributed by atoms with E-state index in [1.807, 2.05) is 42.7 Å². The summed E-state index contributed by atoms with van der Waals surface area (Å²) in [4.78, 5) is 8.50. The van der Waals surface area contributed by atoms with E-state index in [-0.39, 0.29) is 0 Å². The van der Waals surface area contributed by atoms with Gasteiger partial charge in [-0.3, -0.25) is 9.97 Å². The second-order valence-corrected chi connectivity index (χ2v) is 8.76. The normalized spacial score (nSPS) is 22.4. The van der Waals surface area contributed by atoms with Crippen LogP contribution in [0.5, 0.6) is 0 Å². The Kier molecular flexibility index (Phi) is 7.85. The number of fused-ring (bicyclic) bond motifs is 3. The van der Waals surface area contributed by atoms with Crippen molar-refractivity contribution in [3.63, 3.8) is 0 Å². The molecule has 1 aliphatic heterocycles. The minimum atomic E-state index is 0.905. The van der Waals surface area contributed by atoms with Gasteiger partial charge in [-0.25, -0.2) is 0 Å². The van der Waals surface area contributed by atoms with E-state index in [1.165, 1.54) is 87.4 Å². The van der Waals surface area contributed by atoms with Crippen LogP contribution < -0.4 is 5.32 Å². The van der Waals surface area contributed by atoms with Crippen molar-refractivity contribution >= 4 is 10.9 Å². The number of nitrogens with one attached hydrogen (secondary N) is 1. The SMILES string of the molecule is C1CCC2NCCCC2C1.c1ccc2ncccc2c1.c1cnc2c(c1)CCCC2. The molecule has 0 radical (unpaired) electrons. The smallest absolute Gasteiger partial charge is 0.0701 e. The predicted octanol–water partition coefficient (Wildman–Crippen LogP) is 6.12. The molecule has 1 aromatic carbocycles. The van der Waals surface area contributed by atoms with Crippen LogP contribution in [0.1, 0.15) is 62.6 Å². The van der Waals surface area contributed by atoms with Crippen LogP contribution in [-0.2, 0) is 12.8 Å². The fourth-order valence-electron chi connectivity index (χ4n) is 5.02. The highest BCUT2D eigenvalue weighted by Crippen LogP contribution is 2.30. The van der Waals surface area contributed by atoms with Gasteiger partial charge in [0.1, 0.15) is 0 Å². The van der Waals surface area contributed by atoms with Crippen molar-refractivity contribution in [3.05, 3.63) is 72.2 Å². The Bertz CT molecular complexity index is 791. The van der Waals surface area contributed by atoms with Gasteiger partial charge in [0.15, 0.2) is 0 Å². The van der Waals surface area contributed by atoms with Crippen molar-refractivity contribution in [1.29, 1.82) is 0 Å². The number of hydrogen-bond donors (Lipinski definition) is 1. The van der Waals surface area contributed by atoms with Crippen molar-refractivity contribution in [2.75, 3.05) is 6.54 Å². The second kappa shape index (κ2) is 11.2. The molecular formula is C27H35N3. The Balaban J connectivity index is 0.000000109. The van der Waals surface area contributed by atoms with Crippen LogP contribution >= 0.6 is 0 Å². The molecule has 3 aliphatic rings. The molecule has 3 nitrogen and oxygen atoms in total. The fourth-order valence-corrected chi connectivity index (χ4v) is 5.02. The number of benzene rings is 1. The minimum Gasteiger partial charge on any atom is -0.314 e. The predicted molar refractivity (Wildman–Crippen MR) is 126 cm³/mol. The Morgan fingerprint density at radius 1 is 0.700 bits per heavy atom. The van der Waals surface area contributed by atoms with Crippen LogP contribution in [-0.4, -0.2) is 22.6 Å². The van der Waals surface area contributed by atoms with Gasteiger partial charge in [0.2, 0.25) is 0 Å². The molecule has 2 atom stereocenters. The summed E-state index contributed by atoms with van der Waals surface area (Å²) in [5.74, 6) is 1.04. The van der Waals surface area contributed by atoms with Crippen molar-refractivity contribution < 1.29 is 0 Å². The summed E-state index contributed by atoms with van der Waals surface area (Å²) in [5.41, 5.74) is 3.85. The number of pyridine rings is 2. The third kappa shape index (κ3) is 5.89. The van der Waals surface area contributed by atoms with Gasteiger partial charge in [-0.15, -0.1) is 0 Å². The third-order valence-electron chi connectivity index (χ3n) is 6.67. The molecule has 0 spiro atoms. The highest BCUT2D eigenvalue weighted by molar-refractivity contribution is 5.77. The summed E-state index contributed by atoms with van der Waals surface area (Å²) in [7, 11) is 0. The van der Waals surface area contributed by atoms with Gasteiger partial charge in [0.05, 0.1) is 5.52 Å². The van der Waals surface area contributed by atoms with Crippen LogP contribution in [0.4, 0.5) is 0 Å². The Hall–Kier alpha value is -2.26. The lowest BCUT2D eigenvalue weighted by molar-refractivity contribution is 0.212. The topological polar surface area (TPSA) is 37.8 Å². The monoisotopic (exact) mass is 401 g/mol. The molecule has 1 N–H and O–H groups in total. The second-order valence-electron chi connectivity index (χ2n) is 8.76. The summed E-state index contributed by atoms with van der Waals surface area (Å²) in [6.45, 7) is 1.28. The van der Waals surface area contributed by atoms with Crippen LogP contribution in [0.25, 0.3) is 10.9 Å². The zero-order chi connectivity index (χ0) is 20.4. The lowest BCUT2D eigenvalue weighted by Gasteiger charge is -2.36. The number of piperidine rings is 1. The maximum absolute atomic E-state index is 4.32. The van der Waals surface area contributed by atoms with Gasteiger partial charge in [0, 0.05) is 29.5 Å². The molecule has 0 amide bonds. The molecule has 1 saturated carbocycles. The first-order chi connectivity index (χ1) is 14.9. The average Bonchev–Trinajstić information content (AvgIpc) is 2.85. The van der Waals surface area contributed by atoms with E-state index in [9.17, 15) is 0 Å². The number of aromatic nitrogens is 2. The van der Waals surface area contributed by atoms with Gasteiger partial charge >= 0.3 is 0 Å². The zero-order valence-electron chi connectivity index (χ0n) is 18.1. The molecule has 2 fully saturated rings. The van der Waals surface area contributed by atoms with E-state index in [2.05, 4.69) is 33.5 Å². The number of aryl methyl sites for hydroxylation is 2. The summed E-state index contributed by atoms with van der Waals surface area (Å²) in [6.07, 6.45) is 17.6. The molecule has 30 heavy (non-hydrogen) atoms.